The second-order valence-corrected chi connectivity index (χ2v) is 2.58. The van der Waals surface area contributed by atoms with Crippen molar-refractivity contribution in [3.8, 4) is 0 Å². The maximum absolute atomic E-state index is 8.93. The molecule has 2 unspecified atom stereocenters. The van der Waals surface area contributed by atoms with Gasteiger partial charge in [-0.25, -0.2) is 0 Å². The molecule has 4 nitrogen and oxygen atoms in total. The molecule has 0 aliphatic carbocycles. The Morgan fingerprint density at radius 2 is 2.33 bits per heavy atom. The van der Waals surface area contributed by atoms with Gasteiger partial charge in [0.05, 0.1) is 6.04 Å². The molecule has 0 saturated heterocycles. The number of hydroxylamine groups is 1. The average molecular weight is 148 g/mol. The second kappa shape index (κ2) is 2.68. The predicted octanol–water partition coefficient (Wildman–Crippen LogP) is -0.501. The van der Waals surface area contributed by atoms with Crippen LogP contribution in [0.5, 0.6) is 0 Å². The Kier molecular flexibility index (Phi) is 2.09. The van der Waals surface area contributed by atoms with Gasteiger partial charge in [0, 0.05) is 0 Å². The van der Waals surface area contributed by atoms with E-state index in [0.29, 0.717) is 4.47 Å². The van der Waals surface area contributed by atoms with Crippen molar-refractivity contribution in [2.45, 2.75) is 12.3 Å². The monoisotopic (exact) mass is 148 g/mol. The van der Waals surface area contributed by atoms with E-state index in [1.54, 1.807) is 11.5 Å². The van der Waals surface area contributed by atoms with Gasteiger partial charge in [0.1, 0.15) is 0 Å². The Morgan fingerprint density at radius 3 is 2.78 bits per heavy atom. The van der Waals surface area contributed by atoms with E-state index in [1.807, 2.05) is 0 Å². The SMILES string of the molecule is NC1C=CSN(O)C1O. The summed E-state index contributed by atoms with van der Waals surface area (Å²) in [5.74, 6) is 0. The number of rotatable bonds is 0. The molecule has 9 heavy (non-hydrogen) atoms. The Hall–Kier alpha value is -0.0700. The number of hydrogen-bond acceptors (Lipinski definition) is 5. The third kappa shape index (κ3) is 1.44. The molecule has 0 bridgehead atoms. The molecule has 1 aliphatic heterocycles. The van der Waals surface area contributed by atoms with Crippen LogP contribution in [0.25, 0.3) is 0 Å². The first-order chi connectivity index (χ1) is 4.22. The highest BCUT2D eigenvalue weighted by Crippen LogP contribution is 2.18. The van der Waals surface area contributed by atoms with E-state index in [1.165, 1.54) is 0 Å². The maximum Gasteiger partial charge on any atom is 0.159 e. The Labute approximate surface area is 57.0 Å². The number of aliphatic hydroxyl groups is 1. The molecule has 0 fully saturated rings. The minimum Gasteiger partial charge on any atom is -0.373 e. The summed E-state index contributed by atoms with van der Waals surface area (Å²) in [4.78, 5) is 0. The summed E-state index contributed by atoms with van der Waals surface area (Å²) in [7, 11) is 0. The molecule has 0 spiro atoms. The van der Waals surface area contributed by atoms with Gasteiger partial charge in [0.15, 0.2) is 6.23 Å². The molecule has 0 aromatic heterocycles. The summed E-state index contributed by atoms with van der Waals surface area (Å²) in [6.07, 6.45) is 0.641. The van der Waals surface area contributed by atoms with Crippen LogP contribution in [0.4, 0.5) is 0 Å². The minimum absolute atomic E-state index is 0.490. The molecular weight excluding hydrogens is 140 g/mol. The van der Waals surface area contributed by atoms with Crippen molar-refractivity contribution < 1.29 is 10.3 Å². The predicted molar refractivity (Wildman–Crippen MR) is 34.3 cm³/mol. The summed E-state index contributed by atoms with van der Waals surface area (Å²) < 4.78 is 0.713. The van der Waals surface area contributed by atoms with E-state index in [0.717, 1.165) is 11.9 Å². The fourth-order valence-electron chi connectivity index (χ4n) is 0.497. The zero-order chi connectivity index (χ0) is 6.85. The summed E-state index contributed by atoms with van der Waals surface area (Å²) >= 11 is 1.01. The molecular formula is C4H8N2O2S. The maximum atomic E-state index is 8.93. The van der Waals surface area contributed by atoms with E-state index < -0.39 is 12.3 Å². The van der Waals surface area contributed by atoms with Gasteiger partial charge in [-0.3, -0.25) is 0 Å². The Morgan fingerprint density at radius 1 is 1.67 bits per heavy atom. The smallest absolute Gasteiger partial charge is 0.159 e. The molecule has 0 saturated carbocycles. The van der Waals surface area contributed by atoms with Gasteiger partial charge in [-0.2, -0.15) is 0 Å². The quantitative estimate of drug-likeness (QED) is 0.404. The van der Waals surface area contributed by atoms with Crippen molar-refractivity contribution in [1.82, 2.24) is 4.47 Å². The summed E-state index contributed by atoms with van der Waals surface area (Å²) in [6.45, 7) is 0. The summed E-state index contributed by atoms with van der Waals surface area (Å²) in [5.41, 5.74) is 5.32. The van der Waals surface area contributed by atoms with Gasteiger partial charge in [-0.15, -0.1) is 4.47 Å². The van der Waals surface area contributed by atoms with Gasteiger partial charge in [-0.1, -0.05) is 6.08 Å². The highest BCUT2D eigenvalue weighted by Gasteiger charge is 2.22. The van der Waals surface area contributed by atoms with Crippen molar-refractivity contribution >= 4 is 11.9 Å². The molecule has 0 radical (unpaired) electrons. The molecule has 1 rings (SSSR count). The standard InChI is InChI=1S/C4H8N2O2S/c5-3-1-2-9-6(8)4(3)7/h1-4,7-8H,5H2. The number of nitrogens with zero attached hydrogens (tertiary/aromatic N) is 1. The van der Waals surface area contributed by atoms with Crippen LogP contribution in [0, 0.1) is 0 Å². The van der Waals surface area contributed by atoms with Gasteiger partial charge < -0.3 is 16.0 Å². The van der Waals surface area contributed by atoms with Crippen molar-refractivity contribution in [2.75, 3.05) is 0 Å². The van der Waals surface area contributed by atoms with E-state index in [-0.39, 0.29) is 0 Å². The van der Waals surface area contributed by atoms with E-state index >= 15 is 0 Å². The first-order valence-electron chi connectivity index (χ1n) is 2.47. The van der Waals surface area contributed by atoms with Crippen LogP contribution < -0.4 is 5.73 Å². The highest BCUT2D eigenvalue weighted by molar-refractivity contribution is 7.99. The largest absolute Gasteiger partial charge is 0.373 e. The van der Waals surface area contributed by atoms with Gasteiger partial charge in [0.25, 0.3) is 0 Å². The molecule has 2 atom stereocenters. The van der Waals surface area contributed by atoms with E-state index in [4.69, 9.17) is 16.0 Å². The Balaban J connectivity index is 2.58. The highest BCUT2D eigenvalue weighted by atomic mass is 32.2. The average Bonchev–Trinajstić information content (AvgIpc) is 1.83. The fraction of sp³-hybridized carbons (Fsp3) is 0.500. The first kappa shape index (κ1) is 7.04. The molecule has 1 aliphatic rings. The number of aliphatic hydroxyl groups excluding tert-OH is 1. The van der Waals surface area contributed by atoms with Gasteiger partial charge in [-0.05, 0) is 17.4 Å². The second-order valence-electron chi connectivity index (χ2n) is 1.73. The molecule has 4 N–H and O–H groups in total. The molecule has 52 valence electrons. The third-order valence-corrected chi connectivity index (χ3v) is 1.75. The van der Waals surface area contributed by atoms with Crippen LogP contribution in [-0.4, -0.2) is 27.1 Å². The molecule has 0 amide bonds. The van der Waals surface area contributed by atoms with Crippen LogP contribution in [0.15, 0.2) is 11.5 Å². The van der Waals surface area contributed by atoms with Crippen LogP contribution >= 0.6 is 11.9 Å². The summed E-state index contributed by atoms with van der Waals surface area (Å²) in [6, 6.07) is -0.490. The van der Waals surface area contributed by atoms with Crippen LogP contribution in [0.1, 0.15) is 0 Å². The Bertz CT molecular complexity index is 130. The zero-order valence-corrected chi connectivity index (χ0v) is 5.45. The van der Waals surface area contributed by atoms with Crippen molar-refractivity contribution in [2.24, 2.45) is 5.73 Å². The van der Waals surface area contributed by atoms with Gasteiger partial charge >= 0.3 is 0 Å². The normalized spacial score (nSPS) is 37.2. The van der Waals surface area contributed by atoms with E-state index in [9.17, 15) is 0 Å². The minimum atomic E-state index is -0.986. The van der Waals surface area contributed by atoms with Crippen LogP contribution in [-0.2, 0) is 0 Å². The molecule has 1 heterocycles. The third-order valence-electron chi connectivity index (χ3n) is 1.04. The van der Waals surface area contributed by atoms with Crippen LogP contribution in [0.2, 0.25) is 0 Å². The lowest BCUT2D eigenvalue weighted by molar-refractivity contribution is -0.118. The zero-order valence-electron chi connectivity index (χ0n) is 4.64. The van der Waals surface area contributed by atoms with Crippen LogP contribution in [0.3, 0.4) is 0 Å². The topological polar surface area (TPSA) is 69.7 Å². The van der Waals surface area contributed by atoms with Crippen molar-refractivity contribution in [1.29, 1.82) is 0 Å². The fourth-order valence-corrected chi connectivity index (χ4v) is 1.14. The number of nitrogens with two attached hydrogens (primary N) is 1. The lowest BCUT2D eigenvalue weighted by Crippen LogP contribution is -2.43. The number of hydrogen-bond donors (Lipinski definition) is 3. The summed E-state index contributed by atoms with van der Waals surface area (Å²) in [5, 5.41) is 19.3. The molecule has 0 aromatic carbocycles. The first-order valence-corrected chi connectivity index (χ1v) is 3.30. The van der Waals surface area contributed by atoms with Crippen molar-refractivity contribution in [3.05, 3.63) is 11.5 Å². The van der Waals surface area contributed by atoms with Gasteiger partial charge in [0.2, 0.25) is 0 Å². The lowest BCUT2D eigenvalue weighted by atomic mass is 10.3. The molecule has 0 aromatic rings. The lowest BCUT2D eigenvalue weighted by Gasteiger charge is -2.25. The molecule has 5 heteroatoms. The van der Waals surface area contributed by atoms with Crippen molar-refractivity contribution in [3.63, 3.8) is 0 Å². The van der Waals surface area contributed by atoms with E-state index in [2.05, 4.69) is 0 Å².